The van der Waals surface area contributed by atoms with Gasteiger partial charge in [-0.3, -0.25) is 9.88 Å². The van der Waals surface area contributed by atoms with Crippen molar-refractivity contribution in [3.8, 4) is 11.1 Å². The SMILES string of the molecule is O=C(NCc1cccc(-c2cccnc2)c1)NC1CCN(C2CCCCC2)C1. The molecule has 28 heavy (non-hydrogen) atoms. The Labute approximate surface area is 167 Å². The Hall–Kier alpha value is -2.40. The second-order valence-electron chi connectivity index (χ2n) is 8.04. The first-order valence-corrected chi connectivity index (χ1v) is 10.6. The number of hydrogen-bond donors (Lipinski definition) is 2. The Morgan fingerprint density at radius 3 is 2.75 bits per heavy atom. The Morgan fingerprint density at radius 2 is 1.93 bits per heavy atom. The predicted molar refractivity (Wildman–Crippen MR) is 112 cm³/mol. The number of likely N-dealkylation sites (tertiary alicyclic amines) is 1. The molecule has 5 heteroatoms. The summed E-state index contributed by atoms with van der Waals surface area (Å²) in [4.78, 5) is 19.1. The number of nitrogens with zero attached hydrogens (tertiary/aromatic N) is 2. The third-order valence-corrected chi connectivity index (χ3v) is 6.02. The molecule has 1 saturated carbocycles. The second kappa shape index (κ2) is 9.20. The van der Waals surface area contributed by atoms with Crippen LogP contribution < -0.4 is 10.6 Å². The van der Waals surface area contributed by atoms with Crippen molar-refractivity contribution >= 4 is 6.03 Å². The molecule has 1 aliphatic heterocycles. The predicted octanol–water partition coefficient (Wildman–Crippen LogP) is 3.95. The van der Waals surface area contributed by atoms with Crippen LogP contribution in [0.25, 0.3) is 11.1 Å². The van der Waals surface area contributed by atoms with Crippen LogP contribution in [-0.4, -0.2) is 41.1 Å². The van der Waals surface area contributed by atoms with Gasteiger partial charge < -0.3 is 10.6 Å². The molecule has 0 spiro atoms. The van der Waals surface area contributed by atoms with Crippen molar-refractivity contribution in [1.82, 2.24) is 20.5 Å². The lowest BCUT2D eigenvalue weighted by atomic mass is 9.94. The molecule has 1 aromatic heterocycles. The Balaban J connectivity index is 1.25. The molecule has 2 fully saturated rings. The summed E-state index contributed by atoms with van der Waals surface area (Å²) in [5, 5.41) is 6.18. The molecule has 4 rings (SSSR count). The van der Waals surface area contributed by atoms with E-state index in [0.29, 0.717) is 6.54 Å². The third-order valence-electron chi connectivity index (χ3n) is 6.02. The van der Waals surface area contributed by atoms with Crippen molar-refractivity contribution in [1.29, 1.82) is 0 Å². The van der Waals surface area contributed by atoms with Gasteiger partial charge in [-0.05, 0) is 48.1 Å². The molecule has 0 bridgehead atoms. The molecule has 2 aromatic rings. The molecule has 1 atom stereocenters. The Kier molecular flexibility index (Phi) is 6.22. The fourth-order valence-electron chi connectivity index (χ4n) is 4.50. The molecular formula is C23H30N4O. The van der Waals surface area contributed by atoms with Crippen LogP contribution in [0.1, 0.15) is 44.1 Å². The van der Waals surface area contributed by atoms with Crippen LogP contribution >= 0.6 is 0 Å². The summed E-state index contributed by atoms with van der Waals surface area (Å²) in [5.74, 6) is 0. The lowest BCUT2D eigenvalue weighted by Gasteiger charge is -2.31. The molecule has 2 aliphatic rings. The van der Waals surface area contributed by atoms with Crippen LogP contribution in [0, 0.1) is 0 Å². The standard InChI is InChI=1S/C23H30N4O/c28-23(26-21-11-13-27(17-21)22-9-2-1-3-10-22)25-15-18-6-4-7-19(14-18)20-8-5-12-24-16-20/h4-8,12,14,16,21-22H,1-3,9-11,13,15,17H2,(H2,25,26,28). The summed E-state index contributed by atoms with van der Waals surface area (Å²) in [7, 11) is 0. The van der Waals surface area contributed by atoms with E-state index < -0.39 is 0 Å². The van der Waals surface area contributed by atoms with E-state index in [1.54, 1.807) is 6.20 Å². The van der Waals surface area contributed by atoms with E-state index >= 15 is 0 Å². The Morgan fingerprint density at radius 1 is 1.07 bits per heavy atom. The summed E-state index contributed by atoms with van der Waals surface area (Å²) in [6, 6.07) is 13.2. The van der Waals surface area contributed by atoms with Crippen LogP contribution in [0.3, 0.4) is 0 Å². The van der Waals surface area contributed by atoms with Crippen LogP contribution in [0.2, 0.25) is 0 Å². The number of rotatable bonds is 5. The summed E-state index contributed by atoms with van der Waals surface area (Å²) in [6.07, 6.45) is 11.4. The van der Waals surface area contributed by atoms with E-state index in [1.807, 2.05) is 30.5 Å². The highest BCUT2D eigenvalue weighted by atomic mass is 16.2. The van der Waals surface area contributed by atoms with Crippen LogP contribution in [0.15, 0.2) is 48.8 Å². The topological polar surface area (TPSA) is 57.3 Å². The van der Waals surface area contributed by atoms with E-state index in [-0.39, 0.29) is 12.1 Å². The van der Waals surface area contributed by atoms with Crippen molar-refractivity contribution in [3.63, 3.8) is 0 Å². The number of hydrogen-bond acceptors (Lipinski definition) is 3. The zero-order chi connectivity index (χ0) is 19.2. The molecule has 1 aliphatic carbocycles. The fourth-order valence-corrected chi connectivity index (χ4v) is 4.50. The van der Waals surface area contributed by atoms with E-state index in [0.717, 1.165) is 42.2 Å². The van der Waals surface area contributed by atoms with E-state index in [1.165, 1.54) is 32.1 Å². The van der Waals surface area contributed by atoms with Gasteiger partial charge in [0.05, 0.1) is 0 Å². The molecule has 1 aromatic carbocycles. The average Bonchev–Trinajstić information content (AvgIpc) is 3.22. The van der Waals surface area contributed by atoms with E-state index in [9.17, 15) is 4.79 Å². The summed E-state index contributed by atoms with van der Waals surface area (Å²) >= 11 is 0. The van der Waals surface area contributed by atoms with Crippen LogP contribution in [-0.2, 0) is 6.54 Å². The van der Waals surface area contributed by atoms with Gasteiger partial charge in [-0.25, -0.2) is 4.79 Å². The minimum Gasteiger partial charge on any atom is -0.334 e. The van der Waals surface area contributed by atoms with Crippen molar-refractivity contribution in [3.05, 3.63) is 54.4 Å². The summed E-state index contributed by atoms with van der Waals surface area (Å²) in [5.41, 5.74) is 3.29. The van der Waals surface area contributed by atoms with Gasteiger partial charge in [-0.15, -0.1) is 0 Å². The van der Waals surface area contributed by atoms with Crippen molar-refractivity contribution in [2.75, 3.05) is 13.1 Å². The van der Waals surface area contributed by atoms with Gasteiger partial charge in [-0.1, -0.05) is 43.5 Å². The van der Waals surface area contributed by atoms with E-state index in [2.05, 4.69) is 32.7 Å². The highest BCUT2D eigenvalue weighted by Gasteiger charge is 2.29. The molecule has 1 saturated heterocycles. The number of urea groups is 1. The van der Waals surface area contributed by atoms with Crippen molar-refractivity contribution in [2.24, 2.45) is 0 Å². The molecule has 2 heterocycles. The highest BCUT2D eigenvalue weighted by Crippen LogP contribution is 2.25. The fraction of sp³-hybridized carbons (Fsp3) is 0.478. The zero-order valence-electron chi connectivity index (χ0n) is 16.4. The van der Waals surface area contributed by atoms with Crippen molar-refractivity contribution < 1.29 is 4.79 Å². The second-order valence-corrected chi connectivity index (χ2v) is 8.04. The van der Waals surface area contributed by atoms with Gasteiger partial charge in [-0.2, -0.15) is 0 Å². The smallest absolute Gasteiger partial charge is 0.315 e. The molecule has 0 radical (unpaired) electrons. The third kappa shape index (κ3) is 4.90. The van der Waals surface area contributed by atoms with Crippen molar-refractivity contribution in [2.45, 2.75) is 57.2 Å². The summed E-state index contributed by atoms with van der Waals surface area (Å²) in [6.45, 7) is 2.64. The quantitative estimate of drug-likeness (QED) is 0.828. The first-order valence-electron chi connectivity index (χ1n) is 10.6. The van der Waals surface area contributed by atoms with Gasteiger partial charge in [0.1, 0.15) is 0 Å². The number of nitrogens with one attached hydrogen (secondary N) is 2. The van der Waals surface area contributed by atoms with Crippen LogP contribution in [0.4, 0.5) is 4.79 Å². The normalized spacial score (nSPS) is 20.8. The number of carbonyl (C=O) groups excluding carboxylic acids is 1. The lowest BCUT2D eigenvalue weighted by Crippen LogP contribution is -2.44. The number of carbonyl (C=O) groups is 1. The highest BCUT2D eigenvalue weighted by molar-refractivity contribution is 5.74. The zero-order valence-corrected chi connectivity index (χ0v) is 16.4. The lowest BCUT2D eigenvalue weighted by molar-refractivity contribution is 0.186. The maximum Gasteiger partial charge on any atom is 0.315 e. The van der Waals surface area contributed by atoms with Gasteiger partial charge in [0.15, 0.2) is 0 Å². The first kappa shape index (κ1) is 18.9. The largest absolute Gasteiger partial charge is 0.334 e. The number of aromatic nitrogens is 1. The molecule has 148 valence electrons. The maximum atomic E-state index is 12.4. The molecule has 2 amide bonds. The maximum absolute atomic E-state index is 12.4. The average molecular weight is 379 g/mol. The molecule has 1 unspecified atom stereocenters. The number of benzene rings is 1. The Bertz CT molecular complexity index is 773. The molecule has 2 N–H and O–H groups in total. The number of amides is 2. The minimum absolute atomic E-state index is 0.0673. The number of pyridine rings is 1. The van der Waals surface area contributed by atoms with Gasteiger partial charge in [0.2, 0.25) is 0 Å². The monoisotopic (exact) mass is 378 g/mol. The molecule has 5 nitrogen and oxygen atoms in total. The van der Waals surface area contributed by atoms with E-state index in [4.69, 9.17) is 0 Å². The first-order chi connectivity index (χ1) is 13.8. The van der Waals surface area contributed by atoms with Crippen LogP contribution in [0.5, 0.6) is 0 Å². The van der Waals surface area contributed by atoms with Gasteiger partial charge >= 0.3 is 6.03 Å². The summed E-state index contributed by atoms with van der Waals surface area (Å²) < 4.78 is 0. The van der Waals surface area contributed by atoms with Gasteiger partial charge in [0, 0.05) is 44.1 Å². The van der Waals surface area contributed by atoms with Gasteiger partial charge in [0.25, 0.3) is 0 Å². The minimum atomic E-state index is -0.0673. The molecular weight excluding hydrogens is 348 g/mol.